The van der Waals surface area contributed by atoms with E-state index in [0.29, 0.717) is 0 Å². The van der Waals surface area contributed by atoms with Crippen LogP contribution in [0.25, 0.3) is 0 Å². The molecule has 1 rings (SSSR count). The Kier molecular flexibility index (Phi) is 4.57. The molecule has 0 unspecified atom stereocenters. The summed E-state index contributed by atoms with van der Waals surface area (Å²) in [4.78, 5) is 32.9. The molecule has 0 saturated carbocycles. The van der Waals surface area contributed by atoms with E-state index in [0.717, 1.165) is 12.1 Å². The molecule has 2 N–H and O–H groups in total. The average molecular weight is 321 g/mol. The van der Waals surface area contributed by atoms with Crippen LogP contribution in [0.1, 0.15) is 24.2 Å². The molecule has 0 radical (unpaired) electrons. The first-order chi connectivity index (χ1) is 9.06. The van der Waals surface area contributed by atoms with Gasteiger partial charge in [-0.25, -0.2) is 4.79 Å². The minimum atomic E-state index is -1.56. The molecule has 9 heteroatoms. The van der Waals surface area contributed by atoms with Crippen molar-refractivity contribution in [2.75, 3.05) is 0 Å². The number of carboxylic acid groups (broad SMARTS) is 1. The molecule has 0 aliphatic heterocycles. The number of benzene rings is 1. The van der Waals surface area contributed by atoms with Crippen LogP contribution in [-0.2, 0) is 4.79 Å². The van der Waals surface area contributed by atoms with E-state index < -0.39 is 28.0 Å². The monoisotopic (exact) mass is 320 g/mol. The second-order valence-corrected chi connectivity index (χ2v) is 5.22. The van der Waals surface area contributed by atoms with E-state index >= 15 is 0 Å². The molecular formula is C11H10Cl2N2O5. The standard InChI is InChI=1S/C11H10Cl2N2O5/c1-11(2,10(17)18)14-9(16)6-3-5(15(19)20)4-7(12)8(6)13/h3-4H,1-2H3,(H,14,16)(H,17,18). The molecule has 0 fully saturated rings. The molecule has 0 heterocycles. The van der Waals surface area contributed by atoms with Gasteiger partial charge in [-0.05, 0) is 13.8 Å². The maximum absolute atomic E-state index is 12.0. The number of nitro groups is 1. The molecule has 0 aromatic heterocycles. The summed E-state index contributed by atoms with van der Waals surface area (Å²) >= 11 is 11.5. The average Bonchev–Trinajstić information content (AvgIpc) is 2.31. The number of carboxylic acids is 1. The highest BCUT2D eigenvalue weighted by Crippen LogP contribution is 2.31. The van der Waals surface area contributed by atoms with Gasteiger partial charge >= 0.3 is 5.97 Å². The van der Waals surface area contributed by atoms with Crippen LogP contribution in [0.15, 0.2) is 12.1 Å². The fraction of sp³-hybridized carbons (Fsp3) is 0.273. The van der Waals surface area contributed by atoms with Crippen LogP contribution in [0.3, 0.4) is 0 Å². The molecule has 0 spiro atoms. The maximum Gasteiger partial charge on any atom is 0.328 e. The summed E-state index contributed by atoms with van der Waals surface area (Å²) < 4.78 is 0. The smallest absolute Gasteiger partial charge is 0.328 e. The number of aliphatic carboxylic acids is 1. The van der Waals surface area contributed by atoms with Crippen molar-refractivity contribution in [1.82, 2.24) is 5.32 Å². The van der Waals surface area contributed by atoms with Gasteiger partial charge in [-0.2, -0.15) is 0 Å². The van der Waals surface area contributed by atoms with Crippen LogP contribution in [-0.4, -0.2) is 27.4 Å². The Morgan fingerprint density at radius 2 is 1.90 bits per heavy atom. The van der Waals surface area contributed by atoms with Gasteiger partial charge in [-0.15, -0.1) is 0 Å². The maximum atomic E-state index is 12.0. The van der Waals surface area contributed by atoms with Crippen molar-refractivity contribution in [2.45, 2.75) is 19.4 Å². The Hall–Kier alpha value is -1.86. The number of carbonyl (C=O) groups excluding carboxylic acids is 1. The lowest BCUT2D eigenvalue weighted by atomic mass is 10.0. The summed E-state index contributed by atoms with van der Waals surface area (Å²) in [5.41, 5.74) is -2.24. The molecule has 20 heavy (non-hydrogen) atoms. The molecule has 1 aromatic carbocycles. The van der Waals surface area contributed by atoms with Crippen molar-refractivity contribution in [3.8, 4) is 0 Å². The molecule has 0 bridgehead atoms. The number of hydrogen-bond acceptors (Lipinski definition) is 4. The van der Waals surface area contributed by atoms with Gasteiger partial charge in [0.2, 0.25) is 0 Å². The van der Waals surface area contributed by atoms with Crippen LogP contribution < -0.4 is 5.32 Å². The zero-order valence-corrected chi connectivity index (χ0v) is 11.9. The number of amides is 1. The van der Waals surface area contributed by atoms with E-state index in [4.69, 9.17) is 28.3 Å². The van der Waals surface area contributed by atoms with E-state index in [1.807, 2.05) is 0 Å². The van der Waals surface area contributed by atoms with E-state index in [1.165, 1.54) is 13.8 Å². The predicted molar refractivity (Wildman–Crippen MR) is 72.3 cm³/mol. The Morgan fingerprint density at radius 1 is 1.35 bits per heavy atom. The normalized spacial score (nSPS) is 11.0. The SMILES string of the molecule is CC(C)(NC(=O)c1cc([N+](=O)[O-])cc(Cl)c1Cl)C(=O)O. The summed E-state index contributed by atoms with van der Waals surface area (Å²) in [5.74, 6) is -2.13. The lowest BCUT2D eigenvalue weighted by Gasteiger charge is -2.21. The van der Waals surface area contributed by atoms with Crippen LogP contribution in [0, 0.1) is 10.1 Å². The van der Waals surface area contributed by atoms with Crippen LogP contribution >= 0.6 is 23.2 Å². The fourth-order valence-electron chi connectivity index (χ4n) is 1.25. The van der Waals surface area contributed by atoms with E-state index in [2.05, 4.69) is 5.32 Å². The minimum Gasteiger partial charge on any atom is -0.480 e. The number of rotatable bonds is 4. The van der Waals surface area contributed by atoms with Crippen LogP contribution in [0.2, 0.25) is 10.0 Å². The molecule has 0 atom stereocenters. The second kappa shape index (κ2) is 5.64. The molecule has 0 aliphatic rings. The largest absolute Gasteiger partial charge is 0.480 e. The van der Waals surface area contributed by atoms with E-state index in [1.54, 1.807) is 0 Å². The Balaban J connectivity index is 3.23. The third-order valence-electron chi connectivity index (χ3n) is 2.43. The zero-order chi connectivity index (χ0) is 15.7. The first-order valence-corrected chi connectivity index (χ1v) is 6.01. The van der Waals surface area contributed by atoms with Gasteiger partial charge in [-0.3, -0.25) is 14.9 Å². The first kappa shape index (κ1) is 16.2. The summed E-state index contributed by atoms with van der Waals surface area (Å²) in [7, 11) is 0. The molecular weight excluding hydrogens is 311 g/mol. The van der Waals surface area contributed by atoms with Crippen molar-refractivity contribution < 1.29 is 19.6 Å². The summed E-state index contributed by atoms with van der Waals surface area (Å²) in [6.45, 7) is 2.53. The quantitative estimate of drug-likeness (QED) is 0.654. The Bertz CT molecular complexity index is 601. The van der Waals surface area contributed by atoms with Crippen molar-refractivity contribution in [1.29, 1.82) is 0 Å². The Labute approximate surface area is 123 Å². The summed E-state index contributed by atoms with van der Waals surface area (Å²) in [6.07, 6.45) is 0. The lowest BCUT2D eigenvalue weighted by molar-refractivity contribution is -0.384. The van der Waals surface area contributed by atoms with Crippen molar-refractivity contribution in [3.05, 3.63) is 37.9 Å². The van der Waals surface area contributed by atoms with Gasteiger partial charge in [-0.1, -0.05) is 23.2 Å². The minimum absolute atomic E-state index is 0.167. The topological polar surface area (TPSA) is 110 Å². The molecule has 1 amide bonds. The molecule has 1 aromatic rings. The molecule has 108 valence electrons. The number of hydrogen-bond donors (Lipinski definition) is 2. The van der Waals surface area contributed by atoms with Gasteiger partial charge in [0, 0.05) is 12.1 Å². The van der Waals surface area contributed by atoms with E-state index in [-0.39, 0.29) is 15.6 Å². The first-order valence-electron chi connectivity index (χ1n) is 5.25. The van der Waals surface area contributed by atoms with Gasteiger partial charge in [0.25, 0.3) is 11.6 Å². The van der Waals surface area contributed by atoms with Crippen LogP contribution in [0.5, 0.6) is 0 Å². The number of nitrogens with one attached hydrogen (secondary N) is 1. The molecule has 0 aliphatic carbocycles. The summed E-state index contributed by atoms with van der Waals surface area (Å²) in [6, 6.07) is 1.94. The predicted octanol–water partition coefficient (Wildman–Crippen LogP) is 2.49. The number of carbonyl (C=O) groups is 2. The summed E-state index contributed by atoms with van der Waals surface area (Å²) in [5, 5.41) is 21.5. The fourth-order valence-corrected chi connectivity index (χ4v) is 1.66. The van der Waals surface area contributed by atoms with Gasteiger partial charge in [0.05, 0.1) is 20.5 Å². The van der Waals surface area contributed by atoms with Crippen LogP contribution in [0.4, 0.5) is 5.69 Å². The molecule has 0 saturated heterocycles. The number of nitrogens with zero attached hydrogens (tertiary/aromatic N) is 1. The highest BCUT2D eigenvalue weighted by atomic mass is 35.5. The van der Waals surface area contributed by atoms with Crippen molar-refractivity contribution in [2.24, 2.45) is 0 Å². The van der Waals surface area contributed by atoms with Gasteiger partial charge < -0.3 is 10.4 Å². The van der Waals surface area contributed by atoms with Gasteiger partial charge in [0.15, 0.2) is 0 Å². The number of halogens is 2. The Morgan fingerprint density at radius 3 is 2.35 bits per heavy atom. The van der Waals surface area contributed by atoms with Crippen molar-refractivity contribution >= 4 is 40.8 Å². The van der Waals surface area contributed by atoms with Gasteiger partial charge in [0.1, 0.15) is 5.54 Å². The highest BCUT2D eigenvalue weighted by Gasteiger charge is 2.31. The number of nitro benzene ring substituents is 1. The lowest BCUT2D eigenvalue weighted by Crippen LogP contribution is -2.49. The van der Waals surface area contributed by atoms with Crippen molar-refractivity contribution in [3.63, 3.8) is 0 Å². The number of non-ortho nitro benzene ring substituents is 1. The zero-order valence-electron chi connectivity index (χ0n) is 10.4. The second-order valence-electron chi connectivity index (χ2n) is 4.43. The highest BCUT2D eigenvalue weighted by molar-refractivity contribution is 6.44. The third kappa shape index (κ3) is 3.37. The molecule has 7 nitrogen and oxygen atoms in total. The van der Waals surface area contributed by atoms with E-state index in [9.17, 15) is 19.7 Å². The third-order valence-corrected chi connectivity index (χ3v) is 3.23.